The first-order valence-corrected chi connectivity index (χ1v) is 10.8. The molecule has 0 bridgehead atoms. The van der Waals surface area contributed by atoms with Crippen LogP contribution in [0.5, 0.6) is 0 Å². The average Bonchev–Trinajstić information content (AvgIpc) is 3.44. The van der Waals surface area contributed by atoms with E-state index in [-0.39, 0.29) is 18.4 Å². The number of amides is 3. The molecule has 164 valence electrons. The molecule has 0 radical (unpaired) electrons. The van der Waals surface area contributed by atoms with Gasteiger partial charge in [0.2, 0.25) is 18.2 Å². The van der Waals surface area contributed by atoms with E-state index in [9.17, 15) is 19.6 Å². The van der Waals surface area contributed by atoms with Crippen molar-refractivity contribution in [3.8, 4) is 0 Å². The third-order valence-corrected chi connectivity index (χ3v) is 5.94. The molecule has 3 N–H and O–H groups in total. The van der Waals surface area contributed by atoms with Crippen molar-refractivity contribution in [2.24, 2.45) is 11.8 Å². The lowest BCUT2D eigenvalue weighted by molar-refractivity contribution is -0.159. The minimum atomic E-state index is -0.668. The van der Waals surface area contributed by atoms with E-state index < -0.39 is 12.0 Å². The molecule has 30 heavy (non-hydrogen) atoms. The zero-order valence-corrected chi connectivity index (χ0v) is 17.4. The normalized spacial score (nSPS) is 20.2. The van der Waals surface area contributed by atoms with Crippen LogP contribution >= 0.6 is 0 Å². The predicted octanol–water partition coefficient (Wildman–Crippen LogP) is 1.73. The Balaban J connectivity index is 1.69. The molecule has 1 aromatic heterocycles. The second-order valence-electron chi connectivity index (χ2n) is 8.09. The highest BCUT2D eigenvalue weighted by Crippen LogP contribution is 2.31. The summed E-state index contributed by atoms with van der Waals surface area (Å²) in [5.74, 6) is -0.273. The minimum absolute atomic E-state index is 0.0779. The summed E-state index contributed by atoms with van der Waals surface area (Å²) in [6, 6.07) is 4.79. The number of aryl methyl sites for hydroxylation is 1. The number of aromatic nitrogens is 1. The van der Waals surface area contributed by atoms with Crippen LogP contribution in [0, 0.1) is 11.8 Å². The van der Waals surface area contributed by atoms with Crippen molar-refractivity contribution >= 4 is 24.0 Å². The predicted molar refractivity (Wildman–Crippen MR) is 110 cm³/mol. The Hall–Kier alpha value is -2.52. The van der Waals surface area contributed by atoms with E-state index in [4.69, 9.17) is 0 Å². The third-order valence-electron chi connectivity index (χ3n) is 5.94. The second-order valence-corrected chi connectivity index (χ2v) is 8.09. The smallest absolute Gasteiger partial charge is 0.250 e. The lowest BCUT2D eigenvalue weighted by Gasteiger charge is -2.29. The molecule has 2 atom stereocenters. The standard InChI is InChI=1S/C21H31N5O4/c1-2-17-8-5-9-19(23-17)24-20(28)18-10-11-22-26(18)21(29)16(13-25(30)14-27)12-15-6-3-4-7-15/h5,8-9,14-16,18,22,30H,2-4,6-7,10-13H2,1H3,(H,23,24,28). The van der Waals surface area contributed by atoms with Crippen LogP contribution in [-0.2, 0) is 20.8 Å². The Bertz CT molecular complexity index is 753. The summed E-state index contributed by atoms with van der Waals surface area (Å²) in [5.41, 5.74) is 3.88. The molecule has 0 spiro atoms. The van der Waals surface area contributed by atoms with Gasteiger partial charge in [-0.15, -0.1) is 0 Å². The molecular weight excluding hydrogens is 386 g/mol. The van der Waals surface area contributed by atoms with Gasteiger partial charge in [-0.25, -0.2) is 15.5 Å². The van der Waals surface area contributed by atoms with Crippen molar-refractivity contribution in [3.63, 3.8) is 0 Å². The summed E-state index contributed by atoms with van der Waals surface area (Å²) in [6.45, 7) is 2.41. The van der Waals surface area contributed by atoms with Crippen LogP contribution in [0.3, 0.4) is 0 Å². The van der Waals surface area contributed by atoms with Gasteiger partial charge in [-0.05, 0) is 37.3 Å². The van der Waals surface area contributed by atoms with E-state index in [2.05, 4.69) is 15.7 Å². The number of hydroxylamine groups is 2. The van der Waals surface area contributed by atoms with Gasteiger partial charge >= 0.3 is 0 Å². The minimum Gasteiger partial charge on any atom is -0.309 e. The lowest BCUT2D eigenvalue weighted by atomic mass is 9.92. The largest absolute Gasteiger partial charge is 0.309 e. The molecule has 2 heterocycles. The molecule has 1 saturated heterocycles. The van der Waals surface area contributed by atoms with Gasteiger partial charge in [0, 0.05) is 12.2 Å². The van der Waals surface area contributed by atoms with Crippen molar-refractivity contribution in [2.75, 3.05) is 18.4 Å². The highest BCUT2D eigenvalue weighted by molar-refractivity contribution is 5.97. The number of nitrogens with zero attached hydrogens (tertiary/aromatic N) is 3. The molecule has 1 saturated carbocycles. The zero-order chi connectivity index (χ0) is 21.5. The summed E-state index contributed by atoms with van der Waals surface area (Å²) < 4.78 is 0. The first-order valence-electron chi connectivity index (χ1n) is 10.8. The third kappa shape index (κ3) is 5.54. The maximum Gasteiger partial charge on any atom is 0.250 e. The number of pyridine rings is 1. The van der Waals surface area contributed by atoms with Gasteiger partial charge in [-0.2, -0.15) is 0 Å². The fourth-order valence-corrected chi connectivity index (χ4v) is 4.36. The van der Waals surface area contributed by atoms with Crippen molar-refractivity contribution in [1.82, 2.24) is 20.5 Å². The first-order chi connectivity index (χ1) is 14.5. The topological polar surface area (TPSA) is 115 Å². The number of rotatable bonds is 9. The number of hydrogen-bond donors (Lipinski definition) is 3. The fraction of sp³-hybridized carbons (Fsp3) is 0.619. The number of carbonyl (C=O) groups excluding carboxylic acids is 3. The first kappa shape index (κ1) is 22.2. The lowest BCUT2D eigenvalue weighted by Crippen LogP contribution is -2.51. The molecule has 2 fully saturated rings. The van der Waals surface area contributed by atoms with Crippen molar-refractivity contribution < 1.29 is 19.6 Å². The maximum atomic E-state index is 13.3. The Morgan fingerprint density at radius 1 is 1.37 bits per heavy atom. The SMILES string of the molecule is CCc1cccc(NC(=O)C2CCNN2C(=O)C(CC2CCCC2)CN(O)C=O)n1. The van der Waals surface area contributed by atoms with Gasteiger partial charge in [-0.3, -0.25) is 24.6 Å². The van der Waals surface area contributed by atoms with E-state index in [1.807, 2.05) is 19.1 Å². The van der Waals surface area contributed by atoms with E-state index in [1.54, 1.807) is 6.07 Å². The summed E-state index contributed by atoms with van der Waals surface area (Å²) in [5, 5.41) is 14.4. The molecule has 9 heteroatoms. The number of hydrazine groups is 1. The molecule has 2 unspecified atom stereocenters. The van der Waals surface area contributed by atoms with Crippen LogP contribution in [0.1, 0.15) is 51.1 Å². The quantitative estimate of drug-likeness (QED) is 0.320. The molecule has 2 aliphatic rings. The van der Waals surface area contributed by atoms with Crippen LogP contribution in [0.2, 0.25) is 0 Å². The Labute approximate surface area is 176 Å². The number of anilines is 1. The maximum absolute atomic E-state index is 13.3. The molecule has 1 aliphatic carbocycles. The van der Waals surface area contributed by atoms with Crippen molar-refractivity contribution in [3.05, 3.63) is 23.9 Å². The molecule has 3 rings (SSSR count). The summed E-state index contributed by atoms with van der Waals surface area (Å²) in [7, 11) is 0. The van der Waals surface area contributed by atoms with Crippen LogP contribution in [-0.4, -0.2) is 57.6 Å². The number of hydrogen-bond acceptors (Lipinski definition) is 6. The molecule has 1 aliphatic heterocycles. The van der Waals surface area contributed by atoms with Gasteiger partial charge < -0.3 is 5.32 Å². The summed E-state index contributed by atoms with van der Waals surface area (Å²) >= 11 is 0. The van der Waals surface area contributed by atoms with Crippen molar-refractivity contribution in [1.29, 1.82) is 0 Å². The summed E-state index contributed by atoms with van der Waals surface area (Å²) in [4.78, 5) is 41.4. The number of nitrogens with one attached hydrogen (secondary N) is 2. The van der Waals surface area contributed by atoms with E-state index in [1.165, 1.54) is 5.01 Å². The average molecular weight is 418 g/mol. The van der Waals surface area contributed by atoms with Crippen LogP contribution in [0.25, 0.3) is 0 Å². The van der Waals surface area contributed by atoms with Gasteiger partial charge in [-0.1, -0.05) is 38.7 Å². The molecule has 1 aromatic rings. The Kier molecular flexibility index (Phi) is 7.75. The highest BCUT2D eigenvalue weighted by Gasteiger charge is 2.39. The van der Waals surface area contributed by atoms with Crippen LogP contribution < -0.4 is 10.7 Å². The summed E-state index contributed by atoms with van der Waals surface area (Å²) in [6.07, 6.45) is 6.52. The Morgan fingerprint density at radius 3 is 2.83 bits per heavy atom. The van der Waals surface area contributed by atoms with Gasteiger partial charge in [0.05, 0.1) is 12.5 Å². The monoisotopic (exact) mass is 417 g/mol. The van der Waals surface area contributed by atoms with Gasteiger partial charge in [0.15, 0.2) is 0 Å². The molecular formula is C21H31N5O4. The second kappa shape index (κ2) is 10.5. The molecule has 0 aromatic carbocycles. The Morgan fingerprint density at radius 2 is 2.13 bits per heavy atom. The van der Waals surface area contributed by atoms with Gasteiger partial charge in [0.1, 0.15) is 11.9 Å². The van der Waals surface area contributed by atoms with E-state index in [0.29, 0.717) is 42.6 Å². The van der Waals surface area contributed by atoms with E-state index in [0.717, 1.165) is 37.8 Å². The van der Waals surface area contributed by atoms with Crippen molar-refractivity contribution in [2.45, 2.75) is 57.9 Å². The fourth-order valence-electron chi connectivity index (χ4n) is 4.36. The van der Waals surface area contributed by atoms with Crippen LogP contribution in [0.4, 0.5) is 5.82 Å². The highest BCUT2D eigenvalue weighted by atomic mass is 16.5. The zero-order valence-electron chi connectivity index (χ0n) is 17.4. The van der Waals surface area contributed by atoms with Crippen LogP contribution in [0.15, 0.2) is 18.2 Å². The number of carbonyl (C=O) groups is 3. The van der Waals surface area contributed by atoms with Gasteiger partial charge in [0.25, 0.3) is 0 Å². The van der Waals surface area contributed by atoms with E-state index >= 15 is 0 Å². The molecule has 9 nitrogen and oxygen atoms in total. The molecule has 3 amide bonds.